The number of hydrogen-bond acceptors (Lipinski definition) is 3. The smallest absolute Gasteiger partial charge is 0.138 e. The van der Waals surface area contributed by atoms with Crippen molar-refractivity contribution in [3.63, 3.8) is 0 Å². The van der Waals surface area contributed by atoms with Gasteiger partial charge in [-0.1, -0.05) is 23.8 Å². The summed E-state index contributed by atoms with van der Waals surface area (Å²) in [6.45, 7) is 4.27. The van der Waals surface area contributed by atoms with Crippen molar-refractivity contribution in [2.24, 2.45) is 7.05 Å². The zero-order valence-corrected chi connectivity index (χ0v) is 11.4. The van der Waals surface area contributed by atoms with Gasteiger partial charge in [-0.15, -0.1) is 0 Å². The van der Waals surface area contributed by atoms with Gasteiger partial charge in [0.05, 0.1) is 0 Å². The Balaban J connectivity index is 2.28. The molecule has 18 heavy (non-hydrogen) atoms. The number of likely N-dealkylation sites (N-methyl/N-ethyl adjacent to an activating group) is 1. The van der Waals surface area contributed by atoms with Crippen LogP contribution >= 0.6 is 0 Å². The molecule has 4 nitrogen and oxygen atoms in total. The summed E-state index contributed by atoms with van der Waals surface area (Å²) in [5, 5.41) is 7.49. The number of benzene rings is 1. The number of nitrogens with zero attached hydrogens (tertiary/aromatic N) is 3. The molecule has 0 radical (unpaired) electrons. The summed E-state index contributed by atoms with van der Waals surface area (Å²) in [6.07, 6.45) is 2.45. The molecule has 1 N–H and O–H groups in total. The Kier molecular flexibility index (Phi) is 3.77. The summed E-state index contributed by atoms with van der Waals surface area (Å²) in [5.74, 6) is 0.996. The van der Waals surface area contributed by atoms with Crippen molar-refractivity contribution >= 4 is 0 Å². The summed E-state index contributed by atoms with van der Waals surface area (Å²) in [5.41, 5.74) is 3.93. The molecule has 1 aromatic heterocycles. The first-order chi connectivity index (χ1) is 8.61. The van der Waals surface area contributed by atoms with Gasteiger partial charge >= 0.3 is 0 Å². The van der Waals surface area contributed by atoms with E-state index in [1.54, 1.807) is 6.33 Å². The number of aromatic nitrogens is 3. The van der Waals surface area contributed by atoms with Crippen LogP contribution in [-0.2, 0) is 13.5 Å². The van der Waals surface area contributed by atoms with Gasteiger partial charge in [-0.05, 0) is 32.0 Å². The van der Waals surface area contributed by atoms with Crippen molar-refractivity contribution < 1.29 is 0 Å². The van der Waals surface area contributed by atoms with E-state index in [1.807, 2.05) is 18.8 Å². The minimum Gasteiger partial charge on any atom is -0.313 e. The first-order valence-electron chi connectivity index (χ1n) is 6.19. The first-order valence-corrected chi connectivity index (χ1v) is 6.19. The average molecular weight is 244 g/mol. The Hall–Kier alpha value is -1.68. The molecule has 0 bridgehead atoms. The van der Waals surface area contributed by atoms with E-state index in [2.05, 4.69) is 47.4 Å². The van der Waals surface area contributed by atoms with E-state index >= 15 is 0 Å². The third kappa shape index (κ3) is 2.59. The Labute approximate surface area is 108 Å². The maximum atomic E-state index is 4.29. The van der Waals surface area contributed by atoms with Gasteiger partial charge < -0.3 is 5.32 Å². The van der Waals surface area contributed by atoms with E-state index in [0.29, 0.717) is 0 Å². The van der Waals surface area contributed by atoms with Crippen LogP contribution in [-0.4, -0.2) is 21.8 Å². The highest BCUT2D eigenvalue weighted by atomic mass is 15.3. The van der Waals surface area contributed by atoms with E-state index < -0.39 is 0 Å². The molecule has 96 valence electrons. The highest BCUT2D eigenvalue weighted by molar-refractivity contribution is 5.33. The molecule has 1 heterocycles. The van der Waals surface area contributed by atoms with Gasteiger partial charge in [0.2, 0.25) is 0 Å². The Morgan fingerprint density at radius 1 is 1.33 bits per heavy atom. The van der Waals surface area contributed by atoms with Gasteiger partial charge in [0.15, 0.2) is 0 Å². The van der Waals surface area contributed by atoms with Crippen LogP contribution in [0.15, 0.2) is 24.5 Å². The van der Waals surface area contributed by atoms with Crippen LogP contribution in [0.25, 0.3) is 0 Å². The van der Waals surface area contributed by atoms with Crippen LogP contribution in [0.3, 0.4) is 0 Å². The Bertz CT molecular complexity index is 530. The maximum Gasteiger partial charge on any atom is 0.138 e. The summed E-state index contributed by atoms with van der Waals surface area (Å²) in [7, 11) is 3.92. The topological polar surface area (TPSA) is 42.7 Å². The molecule has 0 aliphatic rings. The Morgan fingerprint density at radius 3 is 2.72 bits per heavy atom. The van der Waals surface area contributed by atoms with Crippen molar-refractivity contribution in [1.29, 1.82) is 0 Å². The van der Waals surface area contributed by atoms with Crippen LogP contribution in [0.4, 0.5) is 0 Å². The SMILES string of the molecule is CNC(Cc1ncnn1C)c1cc(C)ccc1C. The van der Waals surface area contributed by atoms with Crippen LogP contribution in [0, 0.1) is 13.8 Å². The van der Waals surface area contributed by atoms with Crippen molar-refractivity contribution in [2.45, 2.75) is 26.3 Å². The van der Waals surface area contributed by atoms with Crippen molar-refractivity contribution in [3.05, 3.63) is 47.0 Å². The quantitative estimate of drug-likeness (QED) is 0.893. The lowest BCUT2D eigenvalue weighted by Gasteiger charge is -2.19. The summed E-state index contributed by atoms with van der Waals surface area (Å²) < 4.78 is 1.83. The molecule has 0 amide bonds. The van der Waals surface area contributed by atoms with E-state index in [1.165, 1.54) is 16.7 Å². The third-order valence-electron chi connectivity index (χ3n) is 3.35. The van der Waals surface area contributed by atoms with Gasteiger partial charge in [-0.3, -0.25) is 4.68 Å². The molecule has 1 atom stereocenters. The molecule has 2 rings (SSSR count). The lowest BCUT2D eigenvalue weighted by molar-refractivity contribution is 0.551. The van der Waals surface area contributed by atoms with Gasteiger partial charge in [0, 0.05) is 19.5 Å². The Morgan fingerprint density at radius 2 is 2.11 bits per heavy atom. The summed E-state index contributed by atoms with van der Waals surface area (Å²) >= 11 is 0. The molecule has 0 fully saturated rings. The van der Waals surface area contributed by atoms with E-state index in [4.69, 9.17) is 0 Å². The molecule has 0 saturated carbocycles. The predicted molar refractivity (Wildman–Crippen MR) is 72.4 cm³/mol. The van der Waals surface area contributed by atoms with E-state index in [-0.39, 0.29) is 6.04 Å². The molecule has 4 heteroatoms. The standard InChI is InChI=1S/C14H20N4/c1-10-5-6-11(2)12(7-10)13(15-3)8-14-16-9-17-18(14)4/h5-7,9,13,15H,8H2,1-4H3. The lowest BCUT2D eigenvalue weighted by Crippen LogP contribution is -2.21. The predicted octanol–water partition coefficient (Wildman–Crippen LogP) is 1.94. The van der Waals surface area contributed by atoms with E-state index in [9.17, 15) is 0 Å². The van der Waals surface area contributed by atoms with Gasteiger partial charge in [0.1, 0.15) is 12.2 Å². The molecule has 1 aromatic carbocycles. The monoisotopic (exact) mass is 244 g/mol. The van der Waals surface area contributed by atoms with Crippen LogP contribution < -0.4 is 5.32 Å². The second kappa shape index (κ2) is 5.31. The normalized spacial score (nSPS) is 12.7. The zero-order valence-electron chi connectivity index (χ0n) is 11.4. The van der Waals surface area contributed by atoms with Gasteiger partial charge in [-0.2, -0.15) is 5.10 Å². The van der Waals surface area contributed by atoms with Gasteiger partial charge in [0.25, 0.3) is 0 Å². The molecule has 0 aliphatic heterocycles. The minimum atomic E-state index is 0.271. The van der Waals surface area contributed by atoms with Crippen molar-refractivity contribution in [2.75, 3.05) is 7.05 Å². The number of rotatable bonds is 4. The molecule has 0 aliphatic carbocycles. The second-order valence-electron chi connectivity index (χ2n) is 4.71. The fourth-order valence-electron chi connectivity index (χ4n) is 2.19. The molecular formula is C14H20N4. The van der Waals surface area contributed by atoms with Crippen molar-refractivity contribution in [3.8, 4) is 0 Å². The highest BCUT2D eigenvalue weighted by Gasteiger charge is 2.15. The zero-order chi connectivity index (χ0) is 13.1. The molecule has 0 spiro atoms. The number of aryl methyl sites for hydroxylation is 3. The summed E-state index contributed by atoms with van der Waals surface area (Å²) in [6, 6.07) is 6.83. The highest BCUT2D eigenvalue weighted by Crippen LogP contribution is 2.21. The number of hydrogen-bond donors (Lipinski definition) is 1. The van der Waals surface area contributed by atoms with Crippen molar-refractivity contribution in [1.82, 2.24) is 20.1 Å². The first kappa shape index (κ1) is 12.8. The van der Waals surface area contributed by atoms with E-state index in [0.717, 1.165) is 12.2 Å². The minimum absolute atomic E-state index is 0.271. The number of nitrogens with one attached hydrogen (secondary N) is 1. The third-order valence-corrected chi connectivity index (χ3v) is 3.35. The molecule has 0 saturated heterocycles. The molecular weight excluding hydrogens is 224 g/mol. The largest absolute Gasteiger partial charge is 0.313 e. The fraction of sp³-hybridized carbons (Fsp3) is 0.429. The molecule has 1 unspecified atom stereocenters. The van der Waals surface area contributed by atoms with Crippen LogP contribution in [0.2, 0.25) is 0 Å². The van der Waals surface area contributed by atoms with Crippen LogP contribution in [0.5, 0.6) is 0 Å². The lowest BCUT2D eigenvalue weighted by atomic mass is 9.96. The maximum absolute atomic E-state index is 4.29. The summed E-state index contributed by atoms with van der Waals surface area (Å²) in [4.78, 5) is 4.29. The second-order valence-corrected chi connectivity index (χ2v) is 4.71. The van der Waals surface area contributed by atoms with Gasteiger partial charge in [-0.25, -0.2) is 4.98 Å². The van der Waals surface area contributed by atoms with Crippen LogP contribution in [0.1, 0.15) is 28.6 Å². The average Bonchev–Trinajstić information content (AvgIpc) is 2.75. The fourth-order valence-corrected chi connectivity index (χ4v) is 2.19. The molecule has 2 aromatic rings.